The largest absolute Gasteiger partial charge is 0.315 e. The Bertz CT molecular complexity index is 273. The Morgan fingerprint density at radius 3 is 2.71 bits per heavy atom. The maximum Gasteiger partial charge on any atom is 0.0207 e. The van der Waals surface area contributed by atoms with Gasteiger partial charge in [0.2, 0.25) is 0 Å². The Balaban J connectivity index is 2.41. The average Bonchev–Trinajstić information content (AvgIpc) is 2.17. The maximum absolute atomic E-state index is 3.56. The Kier molecular flexibility index (Phi) is 5.20. The van der Waals surface area contributed by atoms with E-state index in [2.05, 4.69) is 59.4 Å². The van der Waals surface area contributed by atoms with Crippen LogP contribution in [0.3, 0.4) is 0 Å². The molecule has 0 aliphatic heterocycles. The van der Waals surface area contributed by atoms with Gasteiger partial charge in [-0.2, -0.15) is 0 Å². The molecule has 1 unspecified atom stereocenters. The topological polar surface area (TPSA) is 12.0 Å². The lowest BCUT2D eigenvalue weighted by Crippen LogP contribution is -2.25. The van der Waals surface area contributed by atoms with Crippen LogP contribution in [0.15, 0.2) is 28.7 Å². The van der Waals surface area contributed by atoms with E-state index in [1.54, 1.807) is 0 Å². The molecule has 0 aromatic heterocycles. The van der Waals surface area contributed by atoms with Crippen LogP contribution in [0.25, 0.3) is 0 Å². The van der Waals surface area contributed by atoms with Crippen molar-refractivity contribution in [3.8, 4) is 0 Å². The molecule has 0 aliphatic rings. The lowest BCUT2D eigenvalue weighted by molar-refractivity contribution is 0.530. The summed E-state index contributed by atoms with van der Waals surface area (Å²) in [5.41, 5.74) is 1.40. The number of hydrogen-bond donors (Lipinski definition) is 1. The third-order valence-electron chi connectivity index (χ3n) is 2.36. The molecule has 1 aromatic rings. The van der Waals surface area contributed by atoms with Gasteiger partial charge in [-0.1, -0.05) is 41.1 Å². The minimum absolute atomic E-state index is 0.604. The fraction of sp³-hybridized carbons (Fsp3) is 0.500. The molecule has 14 heavy (non-hydrogen) atoms. The highest BCUT2D eigenvalue weighted by atomic mass is 79.9. The second-order valence-electron chi connectivity index (χ2n) is 3.59. The van der Waals surface area contributed by atoms with Gasteiger partial charge in [-0.3, -0.25) is 0 Å². The summed E-state index contributed by atoms with van der Waals surface area (Å²) in [5, 5.41) is 3.42. The van der Waals surface area contributed by atoms with Crippen LogP contribution in [0.4, 0.5) is 0 Å². The van der Waals surface area contributed by atoms with Gasteiger partial charge in [0, 0.05) is 10.5 Å². The molecule has 0 aliphatic carbocycles. The quantitative estimate of drug-likeness (QED) is 0.851. The molecule has 2 heteroatoms. The van der Waals surface area contributed by atoms with Crippen LogP contribution in [0.2, 0.25) is 0 Å². The van der Waals surface area contributed by atoms with Crippen LogP contribution >= 0.6 is 15.9 Å². The van der Waals surface area contributed by atoms with E-state index in [1.807, 2.05) is 0 Å². The van der Waals surface area contributed by atoms with Gasteiger partial charge in [-0.05, 0) is 37.9 Å². The first-order valence-corrected chi connectivity index (χ1v) is 6.00. The van der Waals surface area contributed by atoms with Crippen LogP contribution in [0.1, 0.15) is 25.8 Å². The van der Waals surface area contributed by atoms with E-state index < -0.39 is 0 Å². The SMILES string of the molecule is CCNC(C)CCc1ccccc1Br. The molecule has 1 rings (SSSR count). The third-order valence-corrected chi connectivity index (χ3v) is 3.13. The molecule has 0 amide bonds. The first-order chi connectivity index (χ1) is 6.74. The van der Waals surface area contributed by atoms with E-state index in [0.717, 1.165) is 13.0 Å². The standard InChI is InChI=1S/C12H18BrN/c1-3-14-10(2)8-9-11-6-4-5-7-12(11)13/h4-7,10,14H,3,8-9H2,1-2H3. The van der Waals surface area contributed by atoms with E-state index in [1.165, 1.54) is 16.5 Å². The van der Waals surface area contributed by atoms with Crippen LogP contribution in [0, 0.1) is 0 Å². The second-order valence-corrected chi connectivity index (χ2v) is 4.44. The van der Waals surface area contributed by atoms with E-state index in [0.29, 0.717) is 6.04 Å². The second kappa shape index (κ2) is 6.20. The fourth-order valence-corrected chi connectivity index (χ4v) is 2.01. The summed E-state index contributed by atoms with van der Waals surface area (Å²) in [6, 6.07) is 9.04. The Labute approximate surface area is 95.0 Å². The first-order valence-electron chi connectivity index (χ1n) is 5.20. The van der Waals surface area contributed by atoms with Crippen molar-refractivity contribution in [1.29, 1.82) is 0 Å². The van der Waals surface area contributed by atoms with Crippen molar-refractivity contribution >= 4 is 15.9 Å². The maximum atomic E-state index is 3.56. The Morgan fingerprint density at radius 1 is 1.36 bits per heavy atom. The predicted octanol–water partition coefficient (Wildman–Crippen LogP) is 3.38. The minimum Gasteiger partial charge on any atom is -0.315 e. The summed E-state index contributed by atoms with van der Waals surface area (Å²) >= 11 is 3.56. The zero-order valence-electron chi connectivity index (χ0n) is 8.89. The molecule has 1 N–H and O–H groups in total. The summed E-state index contributed by atoms with van der Waals surface area (Å²) < 4.78 is 1.23. The monoisotopic (exact) mass is 255 g/mol. The molecule has 0 spiro atoms. The van der Waals surface area contributed by atoms with Crippen molar-refractivity contribution in [3.05, 3.63) is 34.3 Å². The summed E-state index contributed by atoms with van der Waals surface area (Å²) in [7, 11) is 0. The molecule has 0 saturated carbocycles. The zero-order chi connectivity index (χ0) is 10.4. The van der Waals surface area contributed by atoms with Crippen LogP contribution < -0.4 is 5.32 Å². The summed E-state index contributed by atoms with van der Waals surface area (Å²) in [6.45, 7) is 5.44. The first kappa shape index (κ1) is 11.7. The summed E-state index contributed by atoms with van der Waals surface area (Å²) in [5.74, 6) is 0. The van der Waals surface area contributed by atoms with Gasteiger partial charge in [-0.15, -0.1) is 0 Å². The van der Waals surface area contributed by atoms with Crippen LogP contribution in [-0.2, 0) is 6.42 Å². The van der Waals surface area contributed by atoms with Crippen LogP contribution in [-0.4, -0.2) is 12.6 Å². The van der Waals surface area contributed by atoms with E-state index in [9.17, 15) is 0 Å². The van der Waals surface area contributed by atoms with Gasteiger partial charge in [0.15, 0.2) is 0 Å². The average molecular weight is 256 g/mol. The molecule has 1 aromatic carbocycles. The number of rotatable bonds is 5. The minimum atomic E-state index is 0.604. The smallest absolute Gasteiger partial charge is 0.0207 e. The number of aryl methyl sites for hydroxylation is 1. The lowest BCUT2D eigenvalue weighted by atomic mass is 10.1. The number of halogens is 1. The Morgan fingerprint density at radius 2 is 2.07 bits per heavy atom. The molecule has 78 valence electrons. The molecule has 0 bridgehead atoms. The number of benzene rings is 1. The van der Waals surface area contributed by atoms with Crippen LogP contribution in [0.5, 0.6) is 0 Å². The highest BCUT2D eigenvalue weighted by molar-refractivity contribution is 9.10. The van der Waals surface area contributed by atoms with Crippen molar-refractivity contribution in [3.63, 3.8) is 0 Å². The van der Waals surface area contributed by atoms with Crippen molar-refractivity contribution in [2.24, 2.45) is 0 Å². The number of hydrogen-bond acceptors (Lipinski definition) is 1. The molecule has 1 atom stereocenters. The zero-order valence-corrected chi connectivity index (χ0v) is 10.5. The molecule has 0 fully saturated rings. The number of nitrogens with one attached hydrogen (secondary N) is 1. The van der Waals surface area contributed by atoms with Crippen molar-refractivity contribution in [1.82, 2.24) is 5.32 Å². The normalized spacial score (nSPS) is 12.8. The van der Waals surface area contributed by atoms with Gasteiger partial charge in [0.05, 0.1) is 0 Å². The predicted molar refractivity (Wildman–Crippen MR) is 65.6 cm³/mol. The van der Waals surface area contributed by atoms with E-state index >= 15 is 0 Å². The van der Waals surface area contributed by atoms with Gasteiger partial charge in [0.1, 0.15) is 0 Å². The molecular formula is C12H18BrN. The molecular weight excluding hydrogens is 238 g/mol. The highest BCUT2D eigenvalue weighted by Crippen LogP contribution is 2.17. The molecule has 0 heterocycles. The Hall–Kier alpha value is -0.340. The van der Waals surface area contributed by atoms with Gasteiger partial charge < -0.3 is 5.32 Å². The van der Waals surface area contributed by atoms with Gasteiger partial charge >= 0.3 is 0 Å². The van der Waals surface area contributed by atoms with Crippen molar-refractivity contribution in [2.75, 3.05) is 6.54 Å². The van der Waals surface area contributed by atoms with Gasteiger partial charge in [-0.25, -0.2) is 0 Å². The molecule has 0 radical (unpaired) electrons. The van der Waals surface area contributed by atoms with E-state index in [-0.39, 0.29) is 0 Å². The van der Waals surface area contributed by atoms with E-state index in [4.69, 9.17) is 0 Å². The highest BCUT2D eigenvalue weighted by Gasteiger charge is 2.02. The summed E-state index contributed by atoms with van der Waals surface area (Å²) in [6.07, 6.45) is 2.33. The molecule has 0 saturated heterocycles. The fourth-order valence-electron chi connectivity index (χ4n) is 1.52. The lowest BCUT2D eigenvalue weighted by Gasteiger charge is -2.12. The summed E-state index contributed by atoms with van der Waals surface area (Å²) in [4.78, 5) is 0. The molecule has 1 nitrogen and oxygen atoms in total. The van der Waals surface area contributed by atoms with Crippen molar-refractivity contribution in [2.45, 2.75) is 32.7 Å². The van der Waals surface area contributed by atoms with Crippen molar-refractivity contribution < 1.29 is 0 Å². The van der Waals surface area contributed by atoms with Gasteiger partial charge in [0.25, 0.3) is 0 Å². The third kappa shape index (κ3) is 3.81.